The summed E-state index contributed by atoms with van der Waals surface area (Å²) in [5.74, 6) is 0.297. The first-order valence-electron chi connectivity index (χ1n) is 6.31. The van der Waals surface area contributed by atoms with Crippen molar-refractivity contribution < 1.29 is 4.79 Å². The van der Waals surface area contributed by atoms with Gasteiger partial charge in [-0.05, 0) is 36.1 Å². The number of nitrogens with one attached hydrogen (secondary N) is 1. The van der Waals surface area contributed by atoms with Crippen molar-refractivity contribution in [2.24, 2.45) is 7.05 Å². The van der Waals surface area contributed by atoms with Crippen molar-refractivity contribution in [3.8, 4) is 0 Å². The lowest BCUT2D eigenvalue weighted by atomic mass is 10.1. The van der Waals surface area contributed by atoms with Gasteiger partial charge >= 0.3 is 0 Å². The summed E-state index contributed by atoms with van der Waals surface area (Å²) in [6.45, 7) is 0. The van der Waals surface area contributed by atoms with E-state index in [1.54, 1.807) is 17.0 Å². The molecule has 1 aliphatic carbocycles. The minimum absolute atomic E-state index is 0.0554. The normalized spacial score (nSPS) is 17.2. The van der Waals surface area contributed by atoms with Gasteiger partial charge in [0.1, 0.15) is 0 Å². The van der Waals surface area contributed by atoms with Crippen LogP contribution in [0.2, 0.25) is 0 Å². The second-order valence-corrected chi connectivity index (χ2v) is 4.88. The van der Waals surface area contributed by atoms with Gasteiger partial charge in [0.05, 0.1) is 6.04 Å². The Balaban J connectivity index is 1.80. The number of aryl methyl sites for hydroxylation is 2. The first kappa shape index (κ1) is 11.8. The molecule has 3 N–H and O–H groups in total. The highest BCUT2D eigenvalue weighted by molar-refractivity contribution is 5.91. The van der Waals surface area contributed by atoms with Crippen LogP contribution in [0.15, 0.2) is 30.6 Å². The second kappa shape index (κ2) is 4.42. The van der Waals surface area contributed by atoms with E-state index in [4.69, 9.17) is 5.73 Å². The SMILES string of the molecule is Cn1ccnc1C(=O)NC1CCc2cc(N)ccc21. The third-order valence-electron chi connectivity index (χ3n) is 3.57. The van der Waals surface area contributed by atoms with Gasteiger partial charge in [-0.1, -0.05) is 6.07 Å². The molecule has 5 heteroatoms. The van der Waals surface area contributed by atoms with E-state index in [1.165, 1.54) is 5.56 Å². The van der Waals surface area contributed by atoms with Crippen LogP contribution in [0.5, 0.6) is 0 Å². The average Bonchev–Trinajstić information content (AvgIpc) is 2.96. The third-order valence-corrected chi connectivity index (χ3v) is 3.57. The van der Waals surface area contributed by atoms with E-state index < -0.39 is 0 Å². The van der Waals surface area contributed by atoms with Crippen LogP contribution < -0.4 is 11.1 Å². The fourth-order valence-corrected chi connectivity index (χ4v) is 2.59. The average molecular weight is 256 g/mol. The molecular weight excluding hydrogens is 240 g/mol. The molecule has 0 saturated heterocycles. The fraction of sp³-hybridized carbons (Fsp3) is 0.286. The number of carbonyl (C=O) groups is 1. The predicted molar refractivity (Wildman–Crippen MR) is 72.6 cm³/mol. The van der Waals surface area contributed by atoms with Gasteiger partial charge in [0.2, 0.25) is 0 Å². The molecule has 0 saturated carbocycles. The first-order chi connectivity index (χ1) is 9.15. The summed E-state index contributed by atoms with van der Waals surface area (Å²) in [6, 6.07) is 5.92. The Kier molecular flexibility index (Phi) is 2.74. The Morgan fingerprint density at radius 2 is 2.37 bits per heavy atom. The lowest BCUT2D eigenvalue weighted by Crippen LogP contribution is -2.29. The zero-order valence-electron chi connectivity index (χ0n) is 10.8. The molecule has 1 heterocycles. The van der Waals surface area contributed by atoms with Crippen LogP contribution in [-0.4, -0.2) is 15.5 Å². The monoisotopic (exact) mass is 256 g/mol. The smallest absolute Gasteiger partial charge is 0.287 e. The van der Waals surface area contributed by atoms with Crippen LogP contribution in [0.3, 0.4) is 0 Å². The van der Waals surface area contributed by atoms with Crippen molar-refractivity contribution in [1.29, 1.82) is 0 Å². The summed E-state index contributed by atoms with van der Waals surface area (Å²) in [6.07, 6.45) is 5.25. The topological polar surface area (TPSA) is 72.9 Å². The molecule has 1 atom stereocenters. The zero-order valence-corrected chi connectivity index (χ0v) is 10.8. The van der Waals surface area contributed by atoms with Crippen LogP contribution in [0.25, 0.3) is 0 Å². The summed E-state index contributed by atoms with van der Waals surface area (Å²) in [4.78, 5) is 16.2. The summed E-state index contributed by atoms with van der Waals surface area (Å²) in [5, 5.41) is 3.03. The largest absolute Gasteiger partial charge is 0.399 e. The van der Waals surface area contributed by atoms with E-state index in [2.05, 4.69) is 10.3 Å². The molecule has 3 rings (SSSR count). The highest BCUT2D eigenvalue weighted by atomic mass is 16.2. The van der Waals surface area contributed by atoms with Crippen LogP contribution in [0, 0.1) is 0 Å². The fourth-order valence-electron chi connectivity index (χ4n) is 2.59. The van der Waals surface area contributed by atoms with Gasteiger partial charge in [-0.15, -0.1) is 0 Å². The van der Waals surface area contributed by atoms with E-state index in [-0.39, 0.29) is 11.9 Å². The molecule has 1 aliphatic rings. The minimum Gasteiger partial charge on any atom is -0.399 e. The maximum Gasteiger partial charge on any atom is 0.287 e. The van der Waals surface area contributed by atoms with Crippen molar-refractivity contribution >= 4 is 11.6 Å². The molecular formula is C14H16N4O. The van der Waals surface area contributed by atoms with E-state index in [9.17, 15) is 4.79 Å². The molecule has 19 heavy (non-hydrogen) atoms. The second-order valence-electron chi connectivity index (χ2n) is 4.88. The molecule has 1 amide bonds. The maximum absolute atomic E-state index is 12.1. The van der Waals surface area contributed by atoms with E-state index >= 15 is 0 Å². The summed E-state index contributed by atoms with van der Waals surface area (Å²) < 4.78 is 1.72. The molecule has 1 unspecified atom stereocenters. The molecule has 0 spiro atoms. The summed E-state index contributed by atoms with van der Waals surface area (Å²) in [7, 11) is 1.81. The number of nitrogens with zero attached hydrogens (tertiary/aromatic N) is 2. The van der Waals surface area contributed by atoms with Crippen LogP contribution in [-0.2, 0) is 13.5 Å². The Morgan fingerprint density at radius 1 is 1.53 bits per heavy atom. The Labute approximate surface area is 111 Å². The van der Waals surface area contributed by atoms with Crippen LogP contribution in [0.1, 0.15) is 34.2 Å². The van der Waals surface area contributed by atoms with Gasteiger partial charge in [-0.3, -0.25) is 4.79 Å². The first-order valence-corrected chi connectivity index (χ1v) is 6.31. The number of carbonyl (C=O) groups excluding carboxylic acids is 1. The van der Waals surface area contributed by atoms with Crippen molar-refractivity contribution in [3.63, 3.8) is 0 Å². The molecule has 0 bridgehead atoms. The molecule has 1 aromatic heterocycles. The van der Waals surface area contributed by atoms with Crippen LogP contribution in [0.4, 0.5) is 5.69 Å². The van der Waals surface area contributed by atoms with Gasteiger partial charge in [-0.25, -0.2) is 4.98 Å². The molecule has 0 radical (unpaired) electrons. The lowest BCUT2D eigenvalue weighted by Gasteiger charge is -2.14. The highest BCUT2D eigenvalue weighted by Gasteiger charge is 2.25. The standard InChI is InChI=1S/C14H16N4O/c1-18-7-6-16-13(18)14(19)17-12-5-2-9-8-10(15)3-4-11(9)12/h3-4,6-8,12H,2,5,15H2,1H3,(H,17,19). The Hall–Kier alpha value is -2.30. The maximum atomic E-state index is 12.1. The third kappa shape index (κ3) is 2.07. The van der Waals surface area contributed by atoms with Gasteiger partial charge in [0, 0.05) is 25.1 Å². The molecule has 0 aliphatic heterocycles. The Bertz CT molecular complexity index is 632. The number of nitrogens with two attached hydrogens (primary N) is 1. The quantitative estimate of drug-likeness (QED) is 0.798. The number of hydrogen-bond donors (Lipinski definition) is 2. The minimum atomic E-state index is -0.137. The van der Waals surface area contributed by atoms with Crippen molar-refractivity contribution in [1.82, 2.24) is 14.9 Å². The van der Waals surface area contributed by atoms with Crippen molar-refractivity contribution in [3.05, 3.63) is 47.5 Å². The van der Waals surface area contributed by atoms with Gasteiger partial charge in [-0.2, -0.15) is 0 Å². The molecule has 98 valence electrons. The highest BCUT2D eigenvalue weighted by Crippen LogP contribution is 2.32. The summed E-state index contributed by atoms with van der Waals surface area (Å²) in [5.41, 5.74) is 8.94. The Morgan fingerprint density at radius 3 is 3.11 bits per heavy atom. The molecule has 2 aromatic rings. The number of imidazole rings is 1. The summed E-state index contributed by atoms with van der Waals surface area (Å²) >= 11 is 0. The molecule has 0 fully saturated rings. The number of fused-ring (bicyclic) bond motifs is 1. The van der Waals surface area contributed by atoms with E-state index in [0.717, 1.165) is 24.1 Å². The molecule has 5 nitrogen and oxygen atoms in total. The van der Waals surface area contributed by atoms with Crippen LogP contribution >= 0.6 is 0 Å². The van der Waals surface area contributed by atoms with Crippen molar-refractivity contribution in [2.45, 2.75) is 18.9 Å². The van der Waals surface area contributed by atoms with E-state index in [1.807, 2.05) is 25.2 Å². The number of rotatable bonds is 2. The van der Waals surface area contributed by atoms with Gasteiger partial charge in [0.15, 0.2) is 5.82 Å². The number of amides is 1. The number of aromatic nitrogens is 2. The van der Waals surface area contributed by atoms with Gasteiger partial charge < -0.3 is 15.6 Å². The van der Waals surface area contributed by atoms with E-state index in [0.29, 0.717) is 5.82 Å². The number of hydrogen-bond acceptors (Lipinski definition) is 3. The molecule has 1 aromatic carbocycles. The zero-order chi connectivity index (χ0) is 13.4. The predicted octanol–water partition coefficient (Wildman–Crippen LogP) is 1.42. The lowest BCUT2D eigenvalue weighted by molar-refractivity contribution is 0.0923. The number of nitrogen functional groups attached to an aromatic ring is 1. The number of anilines is 1. The number of benzene rings is 1. The van der Waals surface area contributed by atoms with Gasteiger partial charge in [0.25, 0.3) is 5.91 Å². The van der Waals surface area contributed by atoms with Crippen molar-refractivity contribution in [2.75, 3.05) is 5.73 Å².